The number of rotatable bonds is 2. The van der Waals surface area contributed by atoms with Crippen LogP contribution in [0.25, 0.3) is 0 Å². The zero-order valence-electron chi connectivity index (χ0n) is 11.6. The van der Waals surface area contributed by atoms with E-state index in [2.05, 4.69) is 23.8 Å². The molecule has 4 heteroatoms. The van der Waals surface area contributed by atoms with E-state index in [9.17, 15) is 9.59 Å². The van der Waals surface area contributed by atoms with Crippen molar-refractivity contribution in [2.45, 2.75) is 46.0 Å². The number of carbonyl (C=O) groups excluding carboxylic acids is 2. The lowest BCUT2D eigenvalue weighted by atomic mass is 9.83. The number of aliphatic imine (C=N–C) groups is 2. The van der Waals surface area contributed by atoms with Crippen LogP contribution in [0.5, 0.6) is 0 Å². The van der Waals surface area contributed by atoms with Crippen molar-refractivity contribution in [3.05, 3.63) is 22.3 Å². The first-order valence-electron chi connectivity index (χ1n) is 6.26. The molecular formula is C15H16N2O2. The van der Waals surface area contributed by atoms with Gasteiger partial charge >= 0.3 is 0 Å². The monoisotopic (exact) mass is 256 g/mol. The highest BCUT2D eigenvalue weighted by molar-refractivity contribution is 5.76. The van der Waals surface area contributed by atoms with Crippen LogP contribution in [0.4, 0.5) is 11.4 Å². The highest BCUT2D eigenvalue weighted by Gasteiger charge is 2.35. The van der Waals surface area contributed by atoms with Crippen LogP contribution in [-0.4, -0.2) is 12.2 Å². The largest absolute Gasteiger partial charge is 0.240 e. The third-order valence-electron chi connectivity index (χ3n) is 4.05. The molecule has 0 radical (unpaired) electrons. The van der Waals surface area contributed by atoms with Crippen LogP contribution in [0.3, 0.4) is 0 Å². The first-order chi connectivity index (χ1) is 8.94. The zero-order valence-corrected chi connectivity index (χ0v) is 11.6. The van der Waals surface area contributed by atoms with E-state index >= 15 is 0 Å². The van der Waals surface area contributed by atoms with Crippen LogP contribution in [0.2, 0.25) is 0 Å². The van der Waals surface area contributed by atoms with Gasteiger partial charge in [-0.05, 0) is 48.8 Å². The fourth-order valence-corrected chi connectivity index (χ4v) is 3.06. The molecule has 2 rings (SSSR count). The topological polar surface area (TPSA) is 58.9 Å². The Hall–Kier alpha value is -2.02. The van der Waals surface area contributed by atoms with E-state index in [0.29, 0.717) is 11.4 Å². The Labute approximate surface area is 112 Å². The maximum Gasteiger partial charge on any atom is 0.240 e. The molecule has 1 aliphatic carbocycles. The normalized spacial score (nSPS) is 15.4. The number of isocyanates is 2. The van der Waals surface area contributed by atoms with Gasteiger partial charge in [-0.3, -0.25) is 0 Å². The third kappa shape index (κ3) is 1.95. The molecule has 0 fully saturated rings. The average molecular weight is 256 g/mol. The predicted octanol–water partition coefficient (Wildman–Crippen LogP) is 3.46. The van der Waals surface area contributed by atoms with Gasteiger partial charge in [-0.15, -0.1) is 0 Å². The van der Waals surface area contributed by atoms with E-state index in [4.69, 9.17) is 0 Å². The molecule has 1 aromatic carbocycles. The van der Waals surface area contributed by atoms with Gasteiger partial charge in [0.05, 0.1) is 11.4 Å². The van der Waals surface area contributed by atoms with E-state index in [1.165, 1.54) is 0 Å². The molecule has 0 aromatic heterocycles. The summed E-state index contributed by atoms with van der Waals surface area (Å²) in [5.41, 5.74) is 5.16. The summed E-state index contributed by atoms with van der Waals surface area (Å²) in [5.74, 6) is 0. The van der Waals surface area contributed by atoms with Crippen LogP contribution < -0.4 is 0 Å². The smallest absolute Gasteiger partial charge is 0.211 e. The van der Waals surface area contributed by atoms with Gasteiger partial charge in [0.15, 0.2) is 0 Å². The molecule has 1 aliphatic rings. The summed E-state index contributed by atoms with van der Waals surface area (Å²) in [6.07, 6.45) is 5.11. The van der Waals surface area contributed by atoms with Gasteiger partial charge in [0.2, 0.25) is 12.2 Å². The van der Waals surface area contributed by atoms with Gasteiger partial charge in [-0.2, -0.15) is 9.98 Å². The SMILES string of the molecule is Cc1c2c(c(N=C=O)c(C)c1N=C=O)C(C)(C)CC2. The van der Waals surface area contributed by atoms with Gasteiger partial charge in [-0.1, -0.05) is 13.8 Å². The molecular weight excluding hydrogens is 240 g/mol. The Balaban J connectivity index is 2.93. The van der Waals surface area contributed by atoms with E-state index in [-0.39, 0.29) is 5.41 Å². The molecule has 0 saturated heterocycles. The molecule has 0 unspecified atom stereocenters. The molecule has 0 atom stereocenters. The van der Waals surface area contributed by atoms with Crippen molar-refractivity contribution in [2.75, 3.05) is 0 Å². The summed E-state index contributed by atoms with van der Waals surface area (Å²) >= 11 is 0. The Morgan fingerprint density at radius 3 is 2.16 bits per heavy atom. The minimum absolute atomic E-state index is 0.0238. The van der Waals surface area contributed by atoms with E-state index in [1.54, 1.807) is 12.2 Å². The molecule has 0 amide bonds. The lowest BCUT2D eigenvalue weighted by Gasteiger charge is -2.23. The van der Waals surface area contributed by atoms with Gasteiger partial charge in [0, 0.05) is 5.56 Å². The predicted molar refractivity (Wildman–Crippen MR) is 72.8 cm³/mol. The zero-order chi connectivity index (χ0) is 14.2. The quantitative estimate of drug-likeness (QED) is 0.601. The van der Waals surface area contributed by atoms with Crippen molar-refractivity contribution in [1.82, 2.24) is 0 Å². The van der Waals surface area contributed by atoms with Crippen molar-refractivity contribution in [1.29, 1.82) is 0 Å². The van der Waals surface area contributed by atoms with Gasteiger partial charge < -0.3 is 0 Å². The van der Waals surface area contributed by atoms with Crippen molar-refractivity contribution < 1.29 is 9.59 Å². The number of benzene rings is 1. The molecule has 19 heavy (non-hydrogen) atoms. The highest BCUT2D eigenvalue weighted by atomic mass is 16.1. The molecule has 4 nitrogen and oxygen atoms in total. The maximum absolute atomic E-state index is 10.7. The summed E-state index contributed by atoms with van der Waals surface area (Å²) < 4.78 is 0. The minimum atomic E-state index is -0.0238. The Bertz CT molecular complexity index is 647. The number of nitrogens with zero attached hydrogens (tertiary/aromatic N) is 2. The molecule has 1 aromatic rings. The average Bonchev–Trinajstić information content (AvgIpc) is 2.66. The lowest BCUT2D eigenvalue weighted by molar-refractivity contribution is 0.522. The standard InChI is InChI=1S/C15H16N2O2/c1-9-11-5-6-15(3,4)12(11)14(17-8-19)10(2)13(9)16-7-18/h5-6H2,1-4H3. The Morgan fingerprint density at radius 2 is 1.58 bits per heavy atom. The lowest BCUT2D eigenvalue weighted by Crippen LogP contribution is -2.13. The Morgan fingerprint density at radius 1 is 1.00 bits per heavy atom. The molecule has 0 bridgehead atoms. The van der Waals surface area contributed by atoms with Crippen molar-refractivity contribution in [3.8, 4) is 0 Å². The van der Waals surface area contributed by atoms with Crippen LogP contribution in [0.1, 0.15) is 42.5 Å². The number of hydrogen-bond donors (Lipinski definition) is 0. The van der Waals surface area contributed by atoms with Crippen LogP contribution in [0.15, 0.2) is 9.98 Å². The molecule has 0 aliphatic heterocycles. The molecule has 0 spiro atoms. The summed E-state index contributed by atoms with van der Waals surface area (Å²) in [4.78, 5) is 28.9. The van der Waals surface area contributed by atoms with Gasteiger partial charge in [0.1, 0.15) is 0 Å². The van der Waals surface area contributed by atoms with Gasteiger partial charge in [-0.25, -0.2) is 9.59 Å². The molecule has 0 saturated carbocycles. The maximum atomic E-state index is 10.7. The first-order valence-corrected chi connectivity index (χ1v) is 6.26. The Kier molecular flexibility index (Phi) is 3.23. The number of fused-ring (bicyclic) bond motifs is 1. The summed E-state index contributed by atoms with van der Waals surface area (Å²) in [5, 5.41) is 0. The minimum Gasteiger partial charge on any atom is -0.211 e. The summed E-state index contributed by atoms with van der Waals surface area (Å²) in [6.45, 7) is 8.07. The van der Waals surface area contributed by atoms with Crippen molar-refractivity contribution >= 4 is 23.5 Å². The second kappa shape index (κ2) is 4.58. The van der Waals surface area contributed by atoms with Crippen molar-refractivity contribution in [2.24, 2.45) is 9.98 Å². The van der Waals surface area contributed by atoms with Crippen LogP contribution in [-0.2, 0) is 21.4 Å². The highest BCUT2D eigenvalue weighted by Crippen LogP contribution is 2.49. The molecule has 0 N–H and O–H groups in total. The number of hydrogen-bond acceptors (Lipinski definition) is 4. The summed E-state index contributed by atoms with van der Waals surface area (Å²) in [6, 6.07) is 0. The van der Waals surface area contributed by atoms with Gasteiger partial charge in [0.25, 0.3) is 0 Å². The van der Waals surface area contributed by atoms with Crippen LogP contribution >= 0.6 is 0 Å². The van der Waals surface area contributed by atoms with Crippen LogP contribution in [0, 0.1) is 13.8 Å². The van der Waals surface area contributed by atoms with Crippen molar-refractivity contribution in [3.63, 3.8) is 0 Å². The fourth-order valence-electron chi connectivity index (χ4n) is 3.06. The van der Waals surface area contributed by atoms with E-state index < -0.39 is 0 Å². The first kappa shape index (κ1) is 13.4. The third-order valence-corrected chi connectivity index (χ3v) is 4.05. The fraction of sp³-hybridized carbons (Fsp3) is 0.467. The molecule has 98 valence electrons. The van der Waals surface area contributed by atoms with E-state index in [0.717, 1.165) is 35.1 Å². The molecule has 0 heterocycles. The second-order valence-electron chi connectivity index (χ2n) is 5.59. The second-order valence-corrected chi connectivity index (χ2v) is 5.59. The van der Waals surface area contributed by atoms with E-state index in [1.807, 2.05) is 13.8 Å². The summed E-state index contributed by atoms with van der Waals surface area (Å²) in [7, 11) is 0.